The first-order valence-electron chi connectivity index (χ1n) is 9.61. The van der Waals surface area contributed by atoms with Crippen LogP contribution in [0.3, 0.4) is 0 Å². The second-order valence-electron chi connectivity index (χ2n) is 8.56. The molecule has 1 aliphatic heterocycles. The lowest BCUT2D eigenvalue weighted by atomic mass is 9.78. The molecule has 138 valence electrons. The van der Waals surface area contributed by atoms with Crippen LogP contribution >= 0.6 is 12.6 Å². The quantitative estimate of drug-likeness (QED) is 0.590. The van der Waals surface area contributed by atoms with E-state index in [4.69, 9.17) is 9.31 Å². The average molecular weight is 369 g/mol. The Kier molecular flexibility index (Phi) is 4.53. The molecular weight excluding hydrogens is 341 g/mol. The molecule has 0 amide bonds. The standard InChI is InChI=1S/C21H28BNO2S/c1-20(2)21(3,4)25-22(24-20)15(13-26)11-14-9-10-19-17(12-14)16-7-5-6-8-18(16)23-19/h9-12,23,26H,5-8,13H2,1-4H3. The first-order valence-corrected chi connectivity index (χ1v) is 10.2. The van der Waals surface area contributed by atoms with Crippen molar-refractivity contribution in [1.82, 2.24) is 4.98 Å². The van der Waals surface area contributed by atoms with Gasteiger partial charge in [0.05, 0.1) is 11.2 Å². The van der Waals surface area contributed by atoms with Gasteiger partial charge in [0, 0.05) is 22.3 Å². The molecule has 0 radical (unpaired) electrons. The van der Waals surface area contributed by atoms with Crippen LogP contribution in [0.25, 0.3) is 17.0 Å². The number of hydrogen-bond donors (Lipinski definition) is 2. The number of aromatic amines is 1. The monoisotopic (exact) mass is 369 g/mol. The van der Waals surface area contributed by atoms with Gasteiger partial charge in [-0.2, -0.15) is 12.6 Å². The first kappa shape index (κ1) is 18.2. The summed E-state index contributed by atoms with van der Waals surface area (Å²) < 4.78 is 12.4. The number of aryl methyl sites for hydroxylation is 2. The highest BCUT2D eigenvalue weighted by Gasteiger charge is 2.52. The minimum absolute atomic E-state index is 0.330. The van der Waals surface area contributed by atoms with Crippen LogP contribution in [-0.4, -0.2) is 29.1 Å². The van der Waals surface area contributed by atoms with Crippen LogP contribution in [0.15, 0.2) is 23.7 Å². The smallest absolute Gasteiger partial charge is 0.400 e. The fraction of sp³-hybridized carbons (Fsp3) is 0.524. The molecule has 0 spiro atoms. The SMILES string of the molecule is CC1(C)OB(C(=Cc2ccc3[nH]c4c(c3c2)CCCC4)CS)OC1(C)C. The van der Waals surface area contributed by atoms with Crippen molar-refractivity contribution in [3.05, 3.63) is 40.5 Å². The Morgan fingerprint density at radius 3 is 2.54 bits per heavy atom. The van der Waals surface area contributed by atoms with Crippen molar-refractivity contribution in [3.63, 3.8) is 0 Å². The van der Waals surface area contributed by atoms with Crippen LogP contribution in [0.2, 0.25) is 0 Å². The van der Waals surface area contributed by atoms with E-state index in [0.717, 1.165) is 5.47 Å². The lowest BCUT2D eigenvalue weighted by Gasteiger charge is -2.32. The van der Waals surface area contributed by atoms with Crippen LogP contribution in [0, 0.1) is 0 Å². The zero-order valence-corrected chi connectivity index (χ0v) is 17.1. The van der Waals surface area contributed by atoms with Crippen molar-refractivity contribution in [1.29, 1.82) is 0 Å². The normalized spacial score (nSPS) is 22.0. The summed E-state index contributed by atoms with van der Waals surface area (Å²) in [7, 11) is -0.340. The van der Waals surface area contributed by atoms with Gasteiger partial charge in [-0.3, -0.25) is 0 Å². The lowest BCUT2D eigenvalue weighted by Crippen LogP contribution is -2.41. The van der Waals surface area contributed by atoms with E-state index in [1.807, 2.05) is 0 Å². The van der Waals surface area contributed by atoms with Gasteiger partial charge < -0.3 is 14.3 Å². The molecule has 2 aliphatic rings. The summed E-state index contributed by atoms with van der Waals surface area (Å²) in [4.78, 5) is 3.60. The predicted molar refractivity (Wildman–Crippen MR) is 113 cm³/mol. The zero-order chi connectivity index (χ0) is 18.5. The van der Waals surface area contributed by atoms with Gasteiger partial charge in [0.1, 0.15) is 0 Å². The van der Waals surface area contributed by atoms with Gasteiger partial charge in [-0.05, 0) is 82.1 Å². The highest BCUT2D eigenvalue weighted by Crippen LogP contribution is 2.39. The summed E-state index contributed by atoms with van der Waals surface area (Å²) in [5.41, 5.74) is 5.76. The van der Waals surface area contributed by atoms with Gasteiger partial charge in [-0.25, -0.2) is 0 Å². The molecule has 5 heteroatoms. The molecule has 1 fully saturated rings. The van der Waals surface area contributed by atoms with Crippen molar-refractivity contribution < 1.29 is 9.31 Å². The second-order valence-corrected chi connectivity index (χ2v) is 8.88. The molecule has 0 unspecified atom stereocenters. The molecule has 26 heavy (non-hydrogen) atoms. The van der Waals surface area contributed by atoms with E-state index in [9.17, 15) is 0 Å². The molecular formula is C21H28BNO2S. The van der Waals surface area contributed by atoms with Crippen LogP contribution in [0.1, 0.15) is 57.4 Å². The molecule has 1 aromatic heterocycles. The minimum Gasteiger partial charge on any atom is -0.400 e. The van der Waals surface area contributed by atoms with E-state index in [1.54, 1.807) is 0 Å². The summed E-state index contributed by atoms with van der Waals surface area (Å²) in [5, 5.41) is 1.36. The summed E-state index contributed by atoms with van der Waals surface area (Å²) >= 11 is 4.54. The Morgan fingerprint density at radius 1 is 1.15 bits per heavy atom. The summed E-state index contributed by atoms with van der Waals surface area (Å²) in [6, 6.07) is 6.66. The third-order valence-electron chi connectivity index (χ3n) is 6.21. The summed E-state index contributed by atoms with van der Waals surface area (Å²) in [5.74, 6) is 0.611. The number of benzene rings is 1. The third kappa shape index (κ3) is 3.04. The van der Waals surface area contributed by atoms with E-state index in [-0.39, 0.29) is 18.3 Å². The number of nitrogens with one attached hydrogen (secondary N) is 1. The summed E-state index contributed by atoms with van der Waals surface area (Å²) in [6.45, 7) is 8.34. The summed E-state index contributed by atoms with van der Waals surface area (Å²) in [6.07, 6.45) is 7.11. The lowest BCUT2D eigenvalue weighted by molar-refractivity contribution is 0.00578. The Hall–Kier alpha value is -1.17. The number of thiol groups is 1. The number of rotatable bonds is 3. The van der Waals surface area contributed by atoms with Crippen molar-refractivity contribution in [2.45, 2.75) is 64.6 Å². The van der Waals surface area contributed by atoms with Gasteiger partial charge >= 0.3 is 7.12 Å². The van der Waals surface area contributed by atoms with Gasteiger partial charge in [0.15, 0.2) is 0 Å². The third-order valence-corrected chi connectivity index (χ3v) is 6.58. The van der Waals surface area contributed by atoms with E-state index < -0.39 is 0 Å². The van der Waals surface area contributed by atoms with Crippen molar-refractivity contribution >= 4 is 36.7 Å². The molecule has 1 aliphatic carbocycles. The molecule has 1 N–H and O–H groups in total. The van der Waals surface area contributed by atoms with Crippen LogP contribution in [0.5, 0.6) is 0 Å². The molecule has 1 saturated heterocycles. The molecule has 4 rings (SSSR count). The maximum absolute atomic E-state index is 6.21. The topological polar surface area (TPSA) is 34.2 Å². The van der Waals surface area contributed by atoms with E-state index in [1.165, 1.54) is 53.4 Å². The highest BCUT2D eigenvalue weighted by molar-refractivity contribution is 7.80. The van der Waals surface area contributed by atoms with Gasteiger partial charge in [0.2, 0.25) is 0 Å². The molecule has 0 saturated carbocycles. The molecule has 2 aromatic rings. The number of fused-ring (bicyclic) bond motifs is 3. The second kappa shape index (κ2) is 6.47. The van der Waals surface area contributed by atoms with Gasteiger partial charge in [-0.1, -0.05) is 12.1 Å². The molecule has 0 bridgehead atoms. The van der Waals surface area contributed by atoms with Crippen LogP contribution in [-0.2, 0) is 22.2 Å². The van der Waals surface area contributed by atoms with Gasteiger partial charge in [-0.15, -0.1) is 0 Å². The number of aromatic nitrogens is 1. The van der Waals surface area contributed by atoms with E-state index in [2.05, 4.69) is 69.6 Å². The molecule has 1 aromatic carbocycles. The number of hydrogen-bond acceptors (Lipinski definition) is 3. The Bertz CT molecular complexity index is 852. The van der Waals surface area contributed by atoms with Crippen LogP contribution in [0.4, 0.5) is 0 Å². The first-order chi connectivity index (χ1) is 12.3. The largest absolute Gasteiger partial charge is 0.491 e. The Labute approximate surface area is 162 Å². The predicted octanol–water partition coefficient (Wildman–Crippen LogP) is 4.99. The van der Waals surface area contributed by atoms with Crippen molar-refractivity contribution in [3.8, 4) is 0 Å². The van der Waals surface area contributed by atoms with E-state index in [0.29, 0.717) is 5.75 Å². The minimum atomic E-state index is -0.340. The maximum atomic E-state index is 6.21. The molecule has 3 nitrogen and oxygen atoms in total. The number of H-pyrrole nitrogens is 1. The zero-order valence-electron chi connectivity index (χ0n) is 16.2. The average Bonchev–Trinajstić information content (AvgIpc) is 3.06. The molecule has 2 heterocycles. The highest BCUT2D eigenvalue weighted by atomic mass is 32.1. The van der Waals surface area contributed by atoms with Crippen molar-refractivity contribution in [2.75, 3.05) is 5.75 Å². The molecule has 0 atom stereocenters. The Morgan fingerprint density at radius 2 is 1.85 bits per heavy atom. The van der Waals surface area contributed by atoms with Crippen LogP contribution < -0.4 is 0 Å². The maximum Gasteiger partial charge on any atom is 0.491 e. The fourth-order valence-corrected chi connectivity index (χ4v) is 4.15. The fourth-order valence-electron chi connectivity index (χ4n) is 3.91. The van der Waals surface area contributed by atoms with Gasteiger partial charge in [0.25, 0.3) is 0 Å². The Balaban J connectivity index is 1.68. The van der Waals surface area contributed by atoms with E-state index >= 15 is 0 Å². The van der Waals surface area contributed by atoms with Crippen molar-refractivity contribution in [2.24, 2.45) is 0 Å².